The van der Waals surface area contributed by atoms with Crippen LogP contribution in [0, 0.1) is 13.8 Å². The van der Waals surface area contributed by atoms with Crippen LogP contribution in [-0.4, -0.2) is 0 Å². The molecule has 0 aliphatic rings. The maximum Gasteiger partial charge on any atom is 0.0722 e. The Labute approximate surface area is 128 Å². The Morgan fingerprint density at radius 3 is 1.89 bits per heavy atom. The third-order valence-corrected chi connectivity index (χ3v) is 3.57. The lowest BCUT2D eigenvalue weighted by atomic mass is 10.1. The highest BCUT2D eigenvalue weighted by Crippen LogP contribution is 2.33. The van der Waals surface area contributed by atoms with Gasteiger partial charge in [-0.1, -0.05) is 64.1 Å². The van der Waals surface area contributed by atoms with Gasteiger partial charge < -0.3 is 5.32 Å². The summed E-state index contributed by atoms with van der Waals surface area (Å²) in [6, 6.07) is 9.78. The van der Waals surface area contributed by atoms with E-state index >= 15 is 0 Å². The van der Waals surface area contributed by atoms with Crippen molar-refractivity contribution in [2.45, 2.75) is 20.4 Å². The van der Waals surface area contributed by atoms with Crippen LogP contribution in [0.2, 0.25) is 15.1 Å². The lowest BCUT2D eigenvalue weighted by molar-refractivity contribution is 1.13. The Kier molecular flexibility index (Phi) is 4.62. The van der Waals surface area contributed by atoms with Crippen molar-refractivity contribution in [2.24, 2.45) is 0 Å². The summed E-state index contributed by atoms with van der Waals surface area (Å²) in [5.41, 5.74) is 4.39. The van der Waals surface area contributed by atoms with E-state index in [0.717, 1.165) is 0 Å². The maximum atomic E-state index is 6.13. The Bertz CT molecular complexity index is 565. The lowest BCUT2D eigenvalue weighted by Crippen LogP contribution is -2.01. The number of aryl methyl sites for hydroxylation is 2. The molecule has 0 saturated carbocycles. The molecule has 0 spiro atoms. The SMILES string of the molecule is Cc1cc(C)cc(CNc2c(Cl)cc(Cl)cc2Cl)c1. The van der Waals surface area contributed by atoms with Gasteiger partial charge >= 0.3 is 0 Å². The Morgan fingerprint density at radius 1 is 0.842 bits per heavy atom. The number of benzene rings is 2. The molecular weight excluding hydrogens is 301 g/mol. The van der Waals surface area contributed by atoms with Gasteiger partial charge in [-0.2, -0.15) is 0 Å². The first-order valence-electron chi connectivity index (χ1n) is 5.91. The van der Waals surface area contributed by atoms with Crippen LogP contribution in [0.25, 0.3) is 0 Å². The van der Waals surface area contributed by atoms with E-state index in [1.807, 2.05) is 0 Å². The number of hydrogen-bond acceptors (Lipinski definition) is 1. The summed E-state index contributed by atoms with van der Waals surface area (Å²) in [5, 5.41) is 4.85. The van der Waals surface area contributed by atoms with Crippen LogP contribution in [0.1, 0.15) is 16.7 Å². The van der Waals surface area contributed by atoms with E-state index in [1.165, 1.54) is 16.7 Å². The quantitative estimate of drug-likeness (QED) is 0.746. The third kappa shape index (κ3) is 3.79. The van der Waals surface area contributed by atoms with Gasteiger partial charge in [-0.3, -0.25) is 0 Å². The predicted octanol–water partition coefficient (Wildman–Crippen LogP) is 5.88. The summed E-state index contributed by atoms with van der Waals surface area (Å²) < 4.78 is 0. The molecule has 0 radical (unpaired) electrons. The van der Waals surface area contributed by atoms with Crippen LogP contribution >= 0.6 is 34.8 Å². The van der Waals surface area contributed by atoms with E-state index < -0.39 is 0 Å². The van der Waals surface area contributed by atoms with Crippen LogP contribution < -0.4 is 5.32 Å². The lowest BCUT2D eigenvalue weighted by Gasteiger charge is -2.12. The second-order valence-electron chi connectivity index (χ2n) is 4.59. The normalized spacial score (nSPS) is 10.6. The molecule has 19 heavy (non-hydrogen) atoms. The van der Waals surface area contributed by atoms with Crippen molar-refractivity contribution in [3.63, 3.8) is 0 Å². The average Bonchev–Trinajstić information content (AvgIpc) is 2.25. The van der Waals surface area contributed by atoms with Gasteiger partial charge in [-0.25, -0.2) is 0 Å². The van der Waals surface area contributed by atoms with E-state index in [9.17, 15) is 0 Å². The first-order chi connectivity index (χ1) is 8.95. The van der Waals surface area contributed by atoms with Gasteiger partial charge in [0.1, 0.15) is 0 Å². The molecular formula is C15H14Cl3N. The summed E-state index contributed by atoms with van der Waals surface area (Å²) in [6.45, 7) is 4.83. The summed E-state index contributed by atoms with van der Waals surface area (Å²) in [5.74, 6) is 0. The van der Waals surface area contributed by atoms with E-state index in [4.69, 9.17) is 34.8 Å². The zero-order valence-corrected chi connectivity index (χ0v) is 13.0. The van der Waals surface area contributed by atoms with Gasteiger partial charge in [0.05, 0.1) is 15.7 Å². The van der Waals surface area contributed by atoms with E-state index in [0.29, 0.717) is 27.3 Å². The minimum atomic E-state index is 0.530. The van der Waals surface area contributed by atoms with Gasteiger partial charge in [-0.05, 0) is 31.5 Å². The van der Waals surface area contributed by atoms with Crippen LogP contribution in [0.15, 0.2) is 30.3 Å². The Hall–Kier alpha value is -0.890. The van der Waals surface area contributed by atoms with Crippen molar-refractivity contribution in [2.75, 3.05) is 5.32 Å². The van der Waals surface area contributed by atoms with Gasteiger partial charge in [0.15, 0.2) is 0 Å². The third-order valence-electron chi connectivity index (χ3n) is 2.76. The monoisotopic (exact) mass is 313 g/mol. The van der Waals surface area contributed by atoms with E-state index in [1.54, 1.807) is 12.1 Å². The fraction of sp³-hybridized carbons (Fsp3) is 0.200. The molecule has 0 heterocycles. The number of nitrogens with one attached hydrogen (secondary N) is 1. The molecule has 0 bridgehead atoms. The highest BCUT2D eigenvalue weighted by molar-refractivity contribution is 6.41. The second-order valence-corrected chi connectivity index (χ2v) is 5.84. The first kappa shape index (κ1) is 14.5. The van der Waals surface area contributed by atoms with Crippen molar-refractivity contribution in [3.05, 3.63) is 62.1 Å². The smallest absolute Gasteiger partial charge is 0.0722 e. The van der Waals surface area contributed by atoms with Crippen LogP contribution in [0.3, 0.4) is 0 Å². The molecule has 0 saturated heterocycles. The minimum Gasteiger partial charge on any atom is -0.379 e. The fourth-order valence-corrected chi connectivity index (χ4v) is 3.02. The van der Waals surface area contributed by atoms with Crippen molar-refractivity contribution < 1.29 is 0 Å². The molecule has 0 unspecified atom stereocenters. The zero-order valence-electron chi connectivity index (χ0n) is 10.7. The molecule has 0 atom stereocenters. The molecule has 4 heteroatoms. The van der Waals surface area contributed by atoms with Crippen molar-refractivity contribution in [1.29, 1.82) is 0 Å². The van der Waals surface area contributed by atoms with Crippen LogP contribution in [0.4, 0.5) is 5.69 Å². The molecule has 0 aliphatic carbocycles. The number of rotatable bonds is 3. The fourth-order valence-electron chi connectivity index (χ4n) is 2.07. The Balaban J connectivity index is 2.19. The molecule has 0 aromatic heterocycles. The highest BCUT2D eigenvalue weighted by Gasteiger charge is 2.07. The van der Waals surface area contributed by atoms with Crippen molar-refractivity contribution in [3.8, 4) is 0 Å². The molecule has 1 nitrogen and oxygen atoms in total. The van der Waals surface area contributed by atoms with Gasteiger partial charge in [0, 0.05) is 11.6 Å². The summed E-state index contributed by atoms with van der Waals surface area (Å²) in [6.07, 6.45) is 0. The zero-order chi connectivity index (χ0) is 14.0. The van der Waals surface area contributed by atoms with Gasteiger partial charge in [-0.15, -0.1) is 0 Å². The molecule has 0 amide bonds. The summed E-state index contributed by atoms with van der Waals surface area (Å²) >= 11 is 18.1. The second kappa shape index (κ2) is 6.04. The molecule has 2 aromatic carbocycles. The number of anilines is 1. The Morgan fingerprint density at radius 2 is 1.37 bits per heavy atom. The van der Waals surface area contributed by atoms with Crippen LogP contribution in [-0.2, 0) is 6.54 Å². The van der Waals surface area contributed by atoms with Gasteiger partial charge in [0.25, 0.3) is 0 Å². The van der Waals surface area contributed by atoms with Crippen LogP contribution in [0.5, 0.6) is 0 Å². The summed E-state index contributed by atoms with van der Waals surface area (Å²) in [4.78, 5) is 0. The molecule has 2 rings (SSSR count). The predicted molar refractivity (Wildman–Crippen MR) is 84.7 cm³/mol. The molecule has 0 aliphatic heterocycles. The minimum absolute atomic E-state index is 0.530. The molecule has 1 N–H and O–H groups in total. The van der Waals surface area contributed by atoms with E-state index in [2.05, 4.69) is 37.4 Å². The standard InChI is InChI=1S/C15H14Cl3N/c1-9-3-10(2)5-11(4-9)8-19-15-13(17)6-12(16)7-14(15)18/h3-7,19H,8H2,1-2H3. The highest BCUT2D eigenvalue weighted by atomic mass is 35.5. The maximum absolute atomic E-state index is 6.13. The number of hydrogen-bond donors (Lipinski definition) is 1. The van der Waals surface area contributed by atoms with Crippen molar-refractivity contribution in [1.82, 2.24) is 0 Å². The number of halogens is 3. The van der Waals surface area contributed by atoms with Crippen molar-refractivity contribution >= 4 is 40.5 Å². The molecule has 2 aromatic rings. The summed E-state index contributed by atoms with van der Waals surface area (Å²) in [7, 11) is 0. The largest absolute Gasteiger partial charge is 0.379 e. The van der Waals surface area contributed by atoms with E-state index in [-0.39, 0.29) is 0 Å². The first-order valence-corrected chi connectivity index (χ1v) is 7.04. The van der Waals surface area contributed by atoms with Gasteiger partial charge in [0.2, 0.25) is 0 Å². The topological polar surface area (TPSA) is 12.0 Å². The average molecular weight is 315 g/mol. The molecule has 0 fully saturated rings. The molecule has 100 valence electrons.